The molecular formula is C15H17N3O3. The Morgan fingerprint density at radius 2 is 1.86 bits per heavy atom. The van der Waals surface area contributed by atoms with Crippen molar-refractivity contribution >= 4 is 17.7 Å². The molecule has 3 rings (SSSR count). The van der Waals surface area contributed by atoms with Crippen LogP contribution in [0.2, 0.25) is 0 Å². The van der Waals surface area contributed by atoms with Gasteiger partial charge in [0.2, 0.25) is 17.7 Å². The zero-order chi connectivity index (χ0) is 15.1. The van der Waals surface area contributed by atoms with E-state index in [1.54, 1.807) is 6.92 Å². The third-order valence-electron chi connectivity index (χ3n) is 4.31. The van der Waals surface area contributed by atoms with Gasteiger partial charge in [-0.3, -0.25) is 24.7 Å². The van der Waals surface area contributed by atoms with Gasteiger partial charge in [0, 0.05) is 0 Å². The number of nitrogens with zero attached hydrogens (tertiary/aromatic N) is 1. The van der Waals surface area contributed by atoms with E-state index in [2.05, 4.69) is 5.43 Å². The Kier molecular flexibility index (Phi) is 3.25. The number of nitrogens with two attached hydrogens (primary N) is 1. The normalized spacial score (nSPS) is 24.8. The number of carbonyl (C=O) groups excluding carboxylic acids is 3. The van der Waals surface area contributed by atoms with Gasteiger partial charge in [-0.1, -0.05) is 24.3 Å². The molecule has 0 aromatic heterocycles. The topological polar surface area (TPSA) is 92.5 Å². The van der Waals surface area contributed by atoms with Gasteiger partial charge in [0.25, 0.3) is 0 Å². The standard InChI is InChI=1S/C15H17N3O3/c1-8(13(19)17-16)10-4-2-9(3-5-10)7-18-14(20)11-6-12(11)15(18)21/h2-5,8,11-12H,6-7,16H2,1H3,(H,17,19). The number of rotatable bonds is 4. The van der Waals surface area contributed by atoms with Gasteiger partial charge < -0.3 is 0 Å². The number of fused-ring (bicyclic) bond motifs is 1. The van der Waals surface area contributed by atoms with Crippen molar-refractivity contribution in [1.82, 2.24) is 10.3 Å². The smallest absolute Gasteiger partial charge is 0.241 e. The average Bonchev–Trinajstić information content (AvgIpc) is 3.26. The summed E-state index contributed by atoms with van der Waals surface area (Å²) in [5.41, 5.74) is 3.84. The lowest BCUT2D eigenvalue weighted by atomic mass is 9.99. The number of carbonyl (C=O) groups is 3. The van der Waals surface area contributed by atoms with Crippen molar-refractivity contribution in [2.75, 3.05) is 0 Å². The van der Waals surface area contributed by atoms with Gasteiger partial charge in [-0.25, -0.2) is 5.84 Å². The second-order valence-corrected chi connectivity index (χ2v) is 5.68. The third kappa shape index (κ3) is 2.31. The number of piperidine rings is 1. The highest BCUT2D eigenvalue weighted by Gasteiger charge is 2.58. The van der Waals surface area contributed by atoms with Gasteiger partial charge in [-0.2, -0.15) is 0 Å². The molecule has 3 amide bonds. The molecule has 1 saturated carbocycles. The minimum atomic E-state index is -0.341. The lowest BCUT2D eigenvalue weighted by molar-refractivity contribution is -0.142. The Labute approximate surface area is 122 Å². The average molecular weight is 287 g/mol. The fraction of sp³-hybridized carbons (Fsp3) is 0.400. The first-order chi connectivity index (χ1) is 10.0. The number of hydrogen-bond acceptors (Lipinski definition) is 4. The van der Waals surface area contributed by atoms with E-state index in [0.29, 0.717) is 6.54 Å². The molecule has 0 bridgehead atoms. The minimum absolute atomic E-state index is 0.0510. The molecule has 2 aliphatic rings. The predicted octanol–water partition coefficient (Wildman–Crippen LogP) is 0.285. The highest BCUT2D eigenvalue weighted by atomic mass is 16.2. The van der Waals surface area contributed by atoms with Crippen molar-refractivity contribution in [2.45, 2.75) is 25.8 Å². The van der Waals surface area contributed by atoms with Crippen molar-refractivity contribution in [3.8, 4) is 0 Å². The first kappa shape index (κ1) is 13.8. The van der Waals surface area contributed by atoms with E-state index in [4.69, 9.17) is 5.84 Å². The van der Waals surface area contributed by atoms with E-state index < -0.39 is 0 Å². The van der Waals surface area contributed by atoms with Crippen molar-refractivity contribution in [1.29, 1.82) is 0 Å². The monoisotopic (exact) mass is 287 g/mol. The summed E-state index contributed by atoms with van der Waals surface area (Å²) < 4.78 is 0. The van der Waals surface area contributed by atoms with E-state index in [9.17, 15) is 14.4 Å². The number of imide groups is 1. The molecule has 1 heterocycles. The first-order valence-corrected chi connectivity index (χ1v) is 6.97. The molecular weight excluding hydrogens is 270 g/mol. The van der Waals surface area contributed by atoms with Crippen LogP contribution in [0.25, 0.3) is 0 Å². The van der Waals surface area contributed by atoms with Gasteiger partial charge in [-0.05, 0) is 24.5 Å². The number of nitrogens with one attached hydrogen (secondary N) is 1. The van der Waals surface area contributed by atoms with Crippen LogP contribution in [0.1, 0.15) is 30.4 Å². The molecule has 2 fully saturated rings. The second kappa shape index (κ2) is 4.96. The largest absolute Gasteiger partial charge is 0.294 e. The molecule has 3 atom stereocenters. The van der Waals surface area contributed by atoms with Crippen molar-refractivity contribution in [3.05, 3.63) is 35.4 Å². The molecule has 1 saturated heterocycles. The maximum atomic E-state index is 11.9. The SMILES string of the molecule is CC(C(=O)NN)c1ccc(CN2C(=O)C3CC3C2=O)cc1. The Morgan fingerprint density at radius 3 is 2.38 bits per heavy atom. The number of hydrogen-bond donors (Lipinski definition) is 2. The number of hydrazine groups is 1. The minimum Gasteiger partial charge on any atom is -0.294 e. The fourth-order valence-corrected chi connectivity index (χ4v) is 2.78. The molecule has 1 aromatic rings. The van der Waals surface area contributed by atoms with Crippen LogP contribution in [0.3, 0.4) is 0 Å². The summed E-state index contributed by atoms with van der Waals surface area (Å²) in [6, 6.07) is 7.31. The molecule has 3 N–H and O–H groups in total. The van der Waals surface area contributed by atoms with Crippen LogP contribution in [0.4, 0.5) is 0 Å². The molecule has 110 valence electrons. The van der Waals surface area contributed by atoms with Crippen LogP contribution in [0.15, 0.2) is 24.3 Å². The Balaban J connectivity index is 1.69. The quantitative estimate of drug-likeness (QED) is 0.360. The molecule has 0 radical (unpaired) electrons. The first-order valence-electron chi connectivity index (χ1n) is 6.97. The van der Waals surface area contributed by atoms with Gasteiger partial charge >= 0.3 is 0 Å². The molecule has 6 nitrogen and oxygen atoms in total. The third-order valence-corrected chi connectivity index (χ3v) is 4.31. The van der Waals surface area contributed by atoms with Gasteiger partial charge in [-0.15, -0.1) is 0 Å². The molecule has 21 heavy (non-hydrogen) atoms. The van der Waals surface area contributed by atoms with Crippen LogP contribution < -0.4 is 11.3 Å². The number of amides is 3. The molecule has 1 aliphatic heterocycles. The Hall–Kier alpha value is -2.21. The summed E-state index contributed by atoms with van der Waals surface area (Å²) in [6.07, 6.45) is 0.721. The molecule has 0 spiro atoms. The Bertz CT molecular complexity index is 591. The zero-order valence-electron chi connectivity index (χ0n) is 11.7. The van der Waals surface area contributed by atoms with E-state index in [1.807, 2.05) is 24.3 Å². The van der Waals surface area contributed by atoms with Gasteiger partial charge in [0.15, 0.2) is 0 Å². The summed E-state index contributed by atoms with van der Waals surface area (Å²) in [7, 11) is 0. The summed E-state index contributed by atoms with van der Waals surface area (Å²) in [6.45, 7) is 2.07. The van der Waals surface area contributed by atoms with E-state index in [0.717, 1.165) is 17.5 Å². The summed E-state index contributed by atoms with van der Waals surface area (Å²) in [5, 5.41) is 0. The van der Waals surface area contributed by atoms with Gasteiger partial charge in [0.05, 0.1) is 24.3 Å². The maximum Gasteiger partial charge on any atom is 0.241 e. The highest BCUT2D eigenvalue weighted by Crippen LogP contribution is 2.47. The molecule has 1 aliphatic carbocycles. The lowest BCUT2D eigenvalue weighted by Gasteiger charge is -2.17. The van der Waals surface area contributed by atoms with E-state index >= 15 is 0 Å². The van der Waals surface area contributed by atoms with Crippen LogP contribution in [-0.4, -0.2) is 22.6 Å². The summed E-state index contributed by atoms with van der Waals surface area (Å²) in [5.74, 6) is 4.29. The lowest BCUT2D eigenvalue weighted by Crippen LogP contribution is -2.33. The highest BCUT2D eigenvalue weighted by molar-refractivity contribution is 6.08. The number of benzene rings is 1. The summed E-state index contributed by atoms with van der Waals surface area (Å²) in [4.78, 5) is 36.6. The van der Waals surface area contributed by atoms with Crippen molar-refractivity contribution in [2.24, 2.45) is 17.7 Å². The van der Waals surface area contributed by atoms with E-state index in [1.165, 1.54) is 4.90 Å². The van der Waals surface area contributed by atoms with Gasteiger partial charge in [0.1, 0.15) is 0 Å². The van der Waals surface area contributed by atoms with Crippen LogP contribution in [-0.2, 0) is 20.9 Å². The van der Waals surface area contributed by atoms with Crippen LogP contribution in [0.5, 0.6) is 0 Å². The van der Waals surface area contributed by atoms with Crippen LogP contribution >= 0.6 is 0 Å². The number of likely N-dealkylation sites (tertiary alicyclic amines) is 1. The molecule has 1 aromatic carbocycles. The molecule has 3 unspecified atom stereocenters. The second-order valence-electron chi connectivity index (χ2n) is 5.68. The maximum absolute atomic E-state index is 11.9. The zero-order valence-corrected chi connectivity index (χ0v) is 11.7. The van der Waals surface area contributed by atoms with Crippen molar-refractivity contribution in [3.63, 3.8) is 0 Å². The Morgan fingerprint density at radius 1 is 1.29 bits per heavy atom. The predicted molar refractivity (Wildman–Crippen MR) is 74.3 cm³/mol. The van der Waals surface area contributed by atoms with Crippen molar-refractivity contribution < 1.29 is 14.4 Å². The summed E-state index contributed by atoms with van der Waals surface area (Å²) >= 11 is 0. The fourth-order valence-electron chi connectivity index (χ4n) is 2.78. The van der Waals surface area contributed by atoms with E-state index in [-0.39, 0.29) is 35.5 Å². The van der Waals surface area contributed by atoms with Crippen LogP contribution in [0, 0.1) is 11.8 Å². The molecule has 6 heteroatoms.